The summed E-state index contributed by atoms with van der Waals surface area (Å²) < 4.78 is 29.4. The van der Waals surface area contributed by atoms with Gasteiger partial charge in [-0.2, -0.15) is 0 Å². The first-order valence-corrected chi connectivity index (χ1v) is 9.25. The van der Waals surface area contributed by atoms with Crippen LogP contribution in [0.5, 0.6) is 5.75 Å². The zero-order chi connectivity index (χ0) is 16.1. The van der Waals surface area contributed by atoms with Crippen LogP contribution >= 0.6 is 11.6 Å². The summed E-state index contributed by atoms with van der Waals surface area (Å²) in [5.41, 5.74) is -1.05. The molecule has 2 bridgehead atoms. The summed E-state index contributed by atoms with van der Waals surface area (Å²) in [6.07, 6.45) is 0.547. The van der Waals surface area contributed by atoms with Crippen molar-refractivity contribution < 1.29 is 17.9 Å². The Kier molecular flexibility index (Phi) is 3.64. The van der Waals surface area contributed by atoms with Gasteiger partial charge < -0.3 is 9.64 Å². The molecule has 22 heavy (non-hydrogen) atoms. The van der Waals surface area contributed by atoms with Gasteiger partial charge >= 0.3 is 0 Å². The molecule has 0 aliphatic carbocycles. The third kappa shape index (κ3) is 2.70. The molecule has 3 rings (SSSR count). The van der Waals surface area contributed by atoms with Crippen molar-refractivity contribution in [3.05, 3.63) is 29.3 Å². The Morgan fingerprint density at radius 2 is 1.95 bits per heavy atom. The Balaban J connectivity index is 1.73. The van der Waals surface area contributed by atoms with Gasteiger partial charge in [-0.05, 0) is 44.5 Å². The van der Waals surface area contributed by atoms with Gasteiger partial charge in [-0.3, -0.25) is 4.79 Å². The highest BCUT2D eigenvalue weighted by molar-refractivity contribution is 7.92. The molecule has 2 aliphatic rings. The number of carbonyl (C=O) groups is 1. The molecule has 7 heteroatoms. The van der Waals surface area contributed by atoms with Crippen molar-refractivity contribution in [2.45, 2.75) is 37.2 Å². The molecule has 0 spiro atoms. The van der Waals surface area contributed by atoms with Crippen LogP contribution in [0.4, 0.5) is 0 Å². The minimum atomic E-state index is -3.01. The molecule has 0 radical (unpaired) electrons. The van der Waals surface area contributed by atoms with Crippen LogP contribution < -0.4 is 4.74 Å². The fraction of sp³-hybridized carbons (Fsp3) is 0.533. The summed E-state index contributed by atoms with van der Waals surface area (Å²) >= 11 is 5.83. The summed E-state index contributed by atoms with van der Waals surface area (Å²) in [5, 5.41) is 0.186. The number of sulfone groups is 1. The highest BCUT2D eigenvalue weighted by atomic mass is 35.5. The highest BCUT2D eigenvalue weighted by Crippen LogP contribution is 2.35. The number of ether oxygens (including phenoxy) is 1. The fourth-order valence-electron chi connectivity index (χ4n) is 3.13. The molecule has 2 saturated heterocycles. The Morgan fingerprint density at radius 3 is 2.45 bits per heavy atom. The minimum absolute atomic E-state index is 0.0699. The van der Waals surface area contributed by atoms with Gasteiger partial charge in [0.05, 0.1) is 11.0 Å². The first-order chi connectivity index (χ1) is 10.2. The van der Waals surface area contributed by atoms with Gasteiger partial charge in [-0.15, -0.1) is 0 Å². The van der Waals surface area contributed by atoms with Gasteiger partial charge in [0.15, 0.2) is 15.4 Å². The van der Waals surface area contributed by atoms with E-state index in [4.69, 9.17) is 16.3 Å². The number of carbonyl (C=O) groups excluding carboxylic acids is 1. The molecule has 1 amide bonds. The predicted molar refractivity (Wildman–Crippen MR) is 83.9 cm³/mol. The molecule has 5 nitrogen and oxygen atoms in total. The molecule has 2 atom stereocenters. The van der Waals surface area contributed by atoms with Crippen LogP contribution in [0.1, 0.15) is 20.3 Å². The Bertz CT molecular complexity index is 699. The number of amides is 1. The van der Waals surface area contributed by atoms with Gasteiger partial charge in [-0.1, -0.05) is 11.6 Å². The van der Waals surface area contributed by atoms with E-state index in [2.05, 4.69) is 0 Å². The Hall–Kier alpha value is -1.27. The van der Waals surface area contributed by atoms with E-state index in [0.29, 0.717) is 17.2 Å². The van der Waals surface area contributed by atoms with Gasteiger partial charge in [-0.25, -0.2) is 8.42 Å². The number of hydrogen-bond donors (Lipinski definition) is 0. The third-order valence-electron chi connectivity index (χ3n) is 4.27. The van der Waals surface area contributed by atoms with Crippen LogP contribution in [0.3, 0.4) is 0 Å². The summed E-state index contributed by atoms with van der Waals surface area (Å²) in [6.45, 7) is 3.67. The number of rotatable bonds is 3. The lowest BCUT2D eigenvalue weighted by Gasteiger charge is -2.34. The monoisotopic (exact) mass is 343 g/mol. The van der Waals surface area contributed by atoms with Crippen LogP contribution in [-0.4, -0.2) is 48.4 Å². The molecule has 1 aromatic rings. The minimum Gasteiger partial charge on any atom is -0.478 e. The maximum atomic E-state index is 12.7. The maximum Gasteiger partial charge on any atom is 0.266 e. The summed E-state index contributed by atoms with van der Waals surface area (Å²) in [6, 6.07) is 6.59. The second-order valence-corrected chi connectivity index (χ2v) is 9.13. The number of likely N-dealkylation sites (tertiary alicyclic amines) is 1. The molecule has 1 aromatic carbocycles. The van der Waals surface area contributed by atoms with Crippen LogP contribution in [-0.2, 0) is 14.6 Å². The molecule has 2 aliphatic heterocycles. The molecular formula is C15H18ClNO4S. The summed E-state index contributed by atoms with van der Waals surface area (Å²) in [7, 11) is -3.01. The standard InChI is InChI=1S/C15H18ClNO4S/c1-15(2,21-12-5-3-10(16)4-6-12)14(18)17-8-13-7-11(17)9-22(13,19)20/h3-6,11,13H,7-9H2,1-2H3. The second-order valence-electron chi connectivity index (χ2n) is 6.36. The van der Waals surface area contributed by atoms with Crippen molar-refractivity contribution in [1.82, 2.24) is 4.90 Å². The van der Waals surface area contributed by atoms with Gasteiger partial charge in [0.1, 0.15) is 5.75 Å². The van der Waals surface area contributed by atoms with Crippen LogP contribution in [0.25, 0.3) is 0 Å². The zero-order valence-corrected chi connectivity index (χ0v) is 14.0. The molecule has 0 aromatic heterocycles. The first kappa shape index (κ1) is 15.6. The summed E-state index contributed by atoms with van der Waals surface area (Å²) in [4.78, 5) is 14.4. The molecule has 2 fully saturated rings. The summed E-state index contributed by atoms with van der Waals surface area (Å²) in [5.74, 6) is 0.449. The van der Waals surface area contributed by atoms with Crippen LogP contribution in [0.15, 0.2) is 24.3 Å². The number of halogens is 1. The maximum absolute atomic E-state index is 12.7. The largest absolute Gasteiger partial charge is 0.478 e. The van der Waals surface area contributed by atoms with E-state index >= 15 is 0 Å². The van der Waals surface area contributed by atoms with Gasteiger partial charge in [0.2, 0.25) is 0 Å². The average Bonchev–Trinajstić information content (AvgIpc) is 2.96. The highest BCUT2D eigenvalue weighted by Gasteiger charge is 2.52. The molecule has 2 heterocycles. The SMILES string of the molecule is CC(C)(Oc1ccc(Cl)cc1)C(=O)N1CC2CC1CS2(=O)=O. The fourth-order valence-corrected chi connectivity index (χ4v) is 5.29. The van der Waals surface area contributed by atoms with E-state index in [1.807, 2.05) is 0 Å². The predicted octanol–water partition coefficient (Wildman–Crippen LogP) is 1.90. The molecule has 0 saturated carbocycles. The van der Waals surface area contributed by atoms with Gasteiger partial charge in [0, 0.05) is 17.6 Å². The van der Waals surface area contributed by atoms with Crippen molar-refractivity contribution in [3.63, 3.8) is 0 Å². The van der Waals surface area contributed by atoms with E-state index in [9.17, 15) is 13.2 Å². The van der Waals surface area contributed by atoms with E-state index < -0.39 is 20.7 Å². The Morgan fingerprint density at radius 1 is 1.32 bits per heavy atom. The lowest BCUT2D eigenvalue weighted by atomic mass is 10.1. The lowest BCUT2D eigenvalue weighted by molar-refractivity contribution is -0.146. The average molecular weight is 344 g/mol. The molecule has 0 N–H and O–H groups in total. The number of nitrogens with zero attached hydrogens (tertiary/aromatic N) is 1. The van der Waals surface area contributed by atoms with Crippen molar-refractivity contribution in [2.24, 2.45) is 0 Å². The first-order valence-electron chi connectivity index (χ1n) is 7.16. The smallest absolute Gasteiger partial charge is 0.266 e. The van der Waals surface area contributed by atoms with E-state index in [-0.39, 0.29) is 24.2 Å². The van der Waals surface area contributed by atoms with E-state index in [1.54, 1.807) is 43.0 Å². The van der Waals surface area contributed by atoms with E-state index in [1.165, 1.54) is 0 Å². The van der Waals surface area contributed by atoms with Crippen LogP contribution in [0.2, 0.25) is 5.02 Å². The molecular weight excluding hydrogens is 326 g/mol. The third-order valence-corrected chi connectivity index (χ3v) is 6.73. The second kappa shape index (κ2) is 5.13. The molecule has 2 unspecified atom stereocenters. The number of hydrogen-bond acceptors (Lipinski definition) is 4. The molecule has 120 valence electrons. The van der Waals surface area contributed by atoms with E-state index in [0.717, 1.165) is 0 Å². The Labute approximate surface area is 135 Å². The number of benzene rings is 1. The van der Waals surface area contributed by atoms with Crippen molar-refractivity contribution >= 4 is 27.3 Å². The van der Waals surface area contributed by atoms with Crippen molar-refractivity contribution in [3.8, 4) is 5.75 Å². The van der Waals surface area contributed by atoms with Crippen molar-refractivity contribution in [1.29, 1.82) is 0 Å². The topological polar surface area (TPSA) is 63.7 Å². The quantitative estimate of drug-likeness (QED) is 0.840. The normalized spacial score (nSPS) is 26.2. The van der Waals surface area contributed by atoms with Crippen LogP contribution in [0, 0.1) is 0 Å². The number of fused-ring (bicyclic) bond motifs is 2. The van der Waals surface area contributed by atoms with Crippen molar-refractivity contribution in [2.75, 3.05) is 12.3 Å². The zero-order valence-electron chi connectivity index (χ0n) is 12.5. The lowest BCUT2D eigenvalue weighted by Crippen LogP contribution is -2.53. The van der Waals surface area contributed by atoms with Gasteiger partial charge in [0.25, 0.3) is 5.91 Å².